The molecule has 1 aliphatic heterocycles. The van der Waals surface area contributed by atoms with Crippen molar-refractivity contribution in [3.63, 3.8) is 0 Å². The minimum Gasteiger partial charge on any atom is -0.458 e. The lowest BCUT2D eigenvalue weighted by Gasteiger charge is -2.24. The van der Waals surface area contributed by atoms with E-state index in [-0.39, 0.29) is 12.1 Å². The second-order valence-corrected chi connectivity index (χ2v) is 4.28. The molecule has 3 heteroatoms. The van der Waals surface area contributed by atoms with Crippen molar-refractivity contribution in [2.75, 3.05) is 6.61 Å². The summed E-state index contributed by atoms with van der Waals surface area (Å²) in [6, 6.07) is 0. The molecule has 0 aromatic heterocycles. The molecular weight excluding hydrogens is 192 g/mol. The summed E-state index contributed by atoms with van der Waals surface area (Å²) in [5.41, 5.74) is 1.34. The molecule has 0 amide bonds. The van der Waals surface area contributed by atoms with Gasteiger partial charge >= 0.3 is 5.97 Å². The molecule has 2 atom stereocenters. The maximum Gasteiger partial charge on any atom is 0.303 e. The van der Waals surface area contributed by atoms with Crippen LogP contribution < -0.4 is 0 Å². The van der Waals surface area contributed by atoms with E-state index in [9.17, 15) is 4.79 Å². The fraction of sp³-hybridized carbons (Fsp3) is 0.750. The lowest BCUT2D eigenvalue weighted by molar-refractivity contribution is -0.144. The van der Waals surface area contributed by atoms with Gasteiger partial charge in [-0.05, 0) is 43.8 Å². The molecule has 1 saturated heterocycles. The summed E-state index contributed by atoms with van der Waals surface area (Å²) in [6.07, 6.45) is 7.65. The Labute approximate surface area is 90.4 Å². The van der Waals surface area contributed by atoms with Crippen molar-refractivity contribution in [3.05, 3.63) is 11.6 Å². The zero-order valence-corrected chi connectivity index (χ0v) is 9.20. The fourth-order valence-corrected chi connectivity index (χ4v) is 2.36. The van der Waals surface area contributed by atoms with Crippen LogP contribution in [0.25, 0.3) is 0 Å². The van der Waals surface area contributed by atoms with Crippen molar-refractivity contribution in [1.29, 1.82) is 0 Å². The second kappa shape index (κ2) is 4.79. The van der Waals surface area contributed by atoms with Crippen LogP contribution in [0.3, 0.4) is 0 Å². The third kappa shape index (κ3) is 2.81. The zero-order valence-electron chi connectivity index (χ0n) is 9.20. The molecule has 15 heavy (non-hydrogen) atoms. The second-order valence-electron chi connectivity index (χ2n) is 4.28. The third-order valence-corrected chi connectivity index (χ3v) is 3.01. The zero-order chi connectivity index (χ0) is 10.7. The minimum absolute atomic E-state index is 0.0239. The van der Waals surface area contributed by atoms with Gasteiger partial charge < -0.3 is 9.47 Å². The molecule has 0 saturated carbocycles. The van der Waals surface area contributed by atoms with Gasteiger partial charge in [0.15, 0.2) is 0 Å². The van der Waals surface area contributed by atoms with Crippen LogP contribution in [0.5, 0.6) is 0 Å². The predicted molar refractivity (Wildman–Crippen MR) is 56.5 cm³/mol. The Morgan fingerprint density at radius 2 is 2.33 bits per heavy atom. The van der Waals surface area contributed by atoms with E-state index >= 15 is 0 Å². The van der Waals surface area contributed by atoms with Gasteiger partial charge in [-0.2, -0.15) is 0 Å². The topological polar surface area (TPSA) is 35.5 Å². The van der Waals surface area contributed by atoms with Gasteiger partial charge in [-0.15, -0.1) is 0 Å². The minimum atomic E-state index is -0.188. The van der Waals surface area contributed by atoms with Crippen LogP contribution in [-0.2, 0) is 14.3 Å². The monoisotopic (exact) mass is 210 g/mol. The molecule has 0 N–H and O–H groups in total. The van der Waals surface area contributed by atoms with Crippen LogP contribution >= 0.6 is 0 Å². The quantitative estimate of drug-likeness (QED) is 0.491. The highest BCUT2D eigenvalue weighted by Crippen LogP contribution is 2.28. The van der Waals surface area contributed by atoms with Gasteiger partial charge in [-0.3, -0.25) is 4.79 Å². The van der Waals surface area contributed by atoms with Crippen LogP contribution in [-0.4, -0.2) is 24.8 Å². The number of esters is 1. The fourth-order valence-electron chi connectivity index (χ4n) is 2.36. The standard InChI is InChI=1S/C12H18O3/c1-9(13)15-11-5-2-6-12-10(8-11)4-3-7-14-12/h8,11-12H,2-7H2,1H3/t11-,12+/m1/s1. The first-order valence-electron chi connectivity index (χ1n) is 5.75. The van der Waals surface area contributed by atoms with E-state index in [0.29, 0.717) is 6.10 Å². The van der Waals surface area contributed by atoms with Crippen LogP contribution in [0.1, 0.15) is 39.0 Å². The SMILES string of the molecule is CC(=O)O[C@H]1C=C2CCCO[C@H]2CCC1. The Morgan fingerprint density at radius 1 is 1.47 bits per heavy atom. The average Bonchev–Trinajstić information content (AvgIpc) is 2.38. The number of rotatable bonds is 1. The molecule has 2 aliphatic rings. The lowest BCUT2D eigenvalue weighted by Crippen LogP contribution is -2.21. The highest BCUT2D eigenvalue weighted by Gasteiger charge is 2.24. The van der Waals surface area contributed by atoms with Gasteiger partial charge in [0, 0.05) is 13.5 Å². The molecule has 0 bridgehead atoms. The Bertz CT molecular complexity index is 270. The Morgan fingerprint density at radius 3 is 3.13 bits per heavy atom. The van der Waals surface area contributed by atoms with E-state index in [2.05, 4.69) is 6.08 Å². The molecule has 84 valence electrons. The maximum atomic E-state index is 10.9. The lowest BCUT2D eigenvalue weighted by atomic mass is 9.99. The van der Waals surface area contributed by atoms with Gasteiger partial charge in [0.1, 0.15) is 6.10 Å². The van der Waals surface area contributed by atoms with E-state index in [1.807, 2.05) is 0 Å². The number of hydrogen-bond donors (Lipinski definition) is 0. The Hall–Kier alpha value is -0.830. The number of fused-ring (bicyclic) bond motifs is 1. The molecule has 1 heterocycles. The molecule has 0 unspecified atom stereocenters. The molecule has 1 aliphatic carbocycles. The van der Waals surface area contributed by atoms with Gasteiger partial charge in [0.25, 0.3) is 0 Å². The number of carbonyl (C=O) groups excluding carboxylic acids is 1. The van der Waals surface area contributed by atoms with Crippen molar-refractivity contribution in [2.45, 2.75) is 51.2 Å². The van der Waals surface area contributed by atoms with Gasteiger partial charge in [0.05, 0.1) is 6.10 Å². The molecular formula is C12H18O3. The molecule has 0 radical (unpaired) electrons. The summed E-state index contributed by atoms with van der Waals surface area (Å²) in [4.78, 5) is 10.9. The van der Waals surface area contributed by atoms with E-state index in [4.69, 9.17) is 9.47 Å². The van der Waals surface area contributed by atoms with E-state index < -0.39 is 0 Å². The maximum absolute atomic E-state index is 10.9. The van der Waals surface area contributed by atoms with Crippen molar-refractivity contribution >= 4 is 5.97 Å². The first-order valence-corrected chi connectivity index (χ1v) is 5.75. The highest BCUT2D eigenvalue weighted by atomic mass is 16.5. The number of hydrogen-bond acceptors (Lipinski definition) is 3. The van der Waals surface area contributed by atoms with Crippen molar-refractivity contribution in [3.8, 4) is 0 Å². The van der Waals surface area contributed by atoms with Crippen molar-refractivity contribution < 1.29 is 14.3 Å². The van der Waals surface area contributed by atoms with Crippen LogP contribution in [0.15, 0.2) is 11.6 Å². The van der Waals surface area contributed by atoms with Crippen molar-refractivity contribution in [2.24, 2.45) is 0 Å². The summed E-state index contributed by atoms with van der Waals surface area (Å²) in [5.74, 6) is -0.188. The summed E-state index contributed by atoms with van der Waals surface area (Å²) in [7, 11) is 0. The van der Waals surface area contributed by atoms with Crippen LogP contribution in [0.4, 0.5) is 0 Å². The normalized spacial score (nSPS) is 31.1. The average molecular weight is 210 g/mol. The van der Waals surface area contributed by atoms with Crippen LogP contribution in [0.2, 0.25) is 0 Å². The number of ether oxygens (including phenoxy) is 2. The summed E-state index contributed by atoms with van der Waals surface area (Å²) < 4.78 is 11.0. The van der Waals surface area contributed by atoms with E-state index in [1.54, 1.807) is 0 Å². The number of carbonyl (C=O) groups is 1. The van der Waals surface area contributed by atoms with Gasteiger partial charge in [0.2, 0.25) is 0 Å². The first-order chi connectivity index (χ1) is 7.25. The molecule has 0 spiro atoms. The summed E-state index contributed by atoms with van der Waals surface area (Å²) in [6.45, 7) is 2.35. The Kier molecular flexibility index (Phi) is 3.41. The molecule has 0 aromatic carbocycles. The molecule has 0 aromatic rings. The van der Waals surface area contributed by atoms with Gasteiger partial charge in [-0.1, -0.05) is 0 Å². The largest absolute Gasteiger partial charge is 0.458 e. The predicted octanol–water partition coefficient (Wildman–Crippen LogP) is 2.21. The summed E-state index contributed by atoms with van der Waals surface area (Å²) in [5, 5.41) is 0. The third-order valence-electron chi connectivity index (χ3n) is 3.01. The van der Waals surface area contributed by atoms with E-state index in [0.717, 1.165) is 38.7 Å². The Balaban J connectivity index is 2.05. The van der Waals surface area contributed by atoms with Crippen molar-refractivity contribution in [1.82, 2.24) is 0 Å². The molecule has 1 fully saturated rings. The highest BCUT2D eigenvalue weighted by molar-refractivity contribution is 5.66. The first kappa shape index (κ1) is 10.7. The smallest absolute Gasteiger partial charge is 0.303 e. The molecule has 3 nitrogen and oxygen atoms in total. The van der Waals surface area contributed by atoms with Gasteiger partial charge in [-0.25, -0.2) is 0 Å². The summed E-state index contributed by atoms with van der Waals surface area (Å²) >= 11 is 0. The van der Waals surface area contributed by atoms with Crippen LogP contribution in [0, 0.1) is 0 Å². The molecule has 2 rings (SSSR count). The van der Waals surface area contributed by atoms with E-state index in [1.165, 1.54) is 12.5 Å².